The Kier molecular flexibility index (Phi) is 4.22. The molecule has 3 unspecified atom stereocenters. The van der Waals surface area contributed by atoms with Gasteiger partial charge < -0.3 is 19.5 Å². The fraction of sp³-hybridized carbons (Fsp3) is 0.500. The molecule has 0 bridgehead atoms. The predicted octanol–water partition coefficient (Wildman–Crippen LogP) is 0.578. The van der Waals surface area contributed by atoms with E-state index in [1.165, 1.54) is 0 Å². The molecule has 1 aliphatic carbocycles. The molecule has 1 aromatic heterocycles. The number of aromatic nitrogens is 4. The topological polar surface area (TPSA) is 111 Å². The van der Waals surface area contributed by atoms with Crippen LogP contribution in [-0.4, -0.2) is 53.5 Å². The van der Waals surface area contributed by atoms with Gasteiger partial charge >= 0.3 is 0 Å². The molecule has 9 nitrogen and oxygen atoms in total. The largest absolute Gasteiger partial charge is 0.486 e. The van der Waals surface area contributed by atoms with Gasteiger partial charge in [-0.15, -0.1) is 10.2 Å². The van der Waals surface area contributed by atoms with Gasteiger partial charge in [-0.3, -0.25) is 4.79 Å². The van der Waals surface area contributed by atoms with Crippen molar-refractivity contribution in [1.29, 1.82) is 0 Å². The lowest BCUT2D eigenvalue weighted by Crippen LogP contribution is -2.33. The Hall–Kier alpha value is -2.68. The lowest BCUT2D eigenvalue weighted by atomic mass is 10.1. The maximum Gasteiger partial charge on any atom is 0.224 e. The molecule has 1 saturated carbocycles. The molecule has 9 heteroatoms. The monoisotopic (exact) mass is 345 g/mol. The van der Waals surface area contributed by atoms with Crippen molar-refractivity contribution in [3.05, 3.63) is 29.6 Å². The Labute approximate surface area is 144 Å². The third-order valence-electron chi connectivity index (χ3n) is 4.44. The van der Waals surface area contributed by atoms with Gasteiger partial charge in [0, 0.05) is 13.0 Å². The molecule has 132 valence electrons. The molecule has 1 aliphatic heterocycles. The normalized spacial score (nSPS) is 22.3. The zero-order chi connectivity index (χ0) is 17.2. The van der Waals surface area contributed by atoms with Crippen LogP contribution in [0.4, 0.5) is 0 Å². The molecule has 25 heavy (non-hydrogen) atoms. The number of H-pyrrole nitrogens is 1. The highest BCUT2D eigenvalue weighted by atomic mass is 16.6. The van der Waals surface area contributed by atoms with E-state index in [-0.39, 0.29) is 24.3 Å². The highest BCUT2D eigenvalue weighted by Crippen LogP contribution is 2.49. The number of rotatable bonds is 6. The van der Waals surface area contributed by atoms with Crippen LogP contribution in [0.15, 0.2) is 18.2 Å². The van der Waals surface area contributed by atoms with E-state index in [2.05, 4.69) is 25.9 Å². The van der Waals surface area contributed by atoms with E-state index in [0.29, 0.717) is 19.0 Å². The van der Waals surface area contributed by atoms with E-state index in [9.17, 15) is 4.79 Å². The van der Waals surface area contributed by atoms with Crippen LogP contribution in [0.1, 0.15) is 29.8 Å². The Morgan fingerprint density at radius 1 is 1.40 bits per heavy atom. The Morgan fingerprint density at radius 3 is 3.00 bits per heavy atom. The minimum Gasteiger partial charge on any atom is -0.486 e. The molecule has 4 rings (SSSR count). The molecule has 3 atom stereocenters. The van der Waals surface area contributed by atoms with Gasteiger partial charge in [-0.05, 0) is 30.0 Å². The highest BCUT2D eigenvalue weighted by molar-refractivity contribution is 5.83. The van der Waals surface area contributed by atoms with E-state index in [1.807, 2.05) is 18.2 Å². The fourth-order valence-corrected chi connectivity index (χ4v) is 3.09. The van der Waals surface area contributed by atoms with Gasteiger partial charge in [0.25, 0.3) is 0 Å². The minimum absolute atomic E-state index is 0.0354. The number of amides is 1. The molecule has 1 aromatic carbocycles. The van der Waals surface area contributed by atoms with Crippen molar-refractivity contribution >= 4 is 5.91 Å². The average molecular weight is 345 g/mol. The van der Waals surface area contributed by atoms with Crippen LogP contribution in [-0.2, 0) is 9.53 Å². The second-order valence-electron chi connectivity index (χ2n) is 6.14. The van der Waals surface area contributed by atoms with Crippen LogP contribution in [0.25, 0.3) is 0 Å². The summed E-state index contributed by atoms with van der Waals surface area (Å²) in [6.45, 7) is 1.40. The first-order valence-electron chi connectivity index (χ1n) is 8.18. The summed E-state index contributed by atoms with van der Waals surface area (Å²) >= 11 is 0. The predicted molar refractivity (Wildman–Crippen MR) is 85.2 cm³/mol. The van der Waals surface area contributed by atoms with Crippen molar-refractivity contribution in [3.8, 4) is 11.5 Å². The number of carbonyl (C=O) groups is 1. The lowest BCUT2D eigenvalue weighted by Gasteiger charge is -2.19. The molecule has 2 aliphatic rings. The number of aromatic amines is 1. The van der Waals surface area contributed by atoms with E-state index in [1.54, 1.807) is 7.11 Å². The van der Waals surface area contributed by atoms with E-state index >= 15 is 0 Å². The zero-order valence-corrected chi connectivity index (χ0v) is 13.8. The molecule has 0 saturated heterocycles. The van der Waals surface area contributed by atoms with Crippen LogP contribution in [0.5, 0.6) is 11.5 Å². The first-order chi connectivity index (χ1) is 12.3. The van der Waals surface area contributed by atoms with Gasteiger partial charge in [-0.25, -0.2) is 0 Å². The fourth-order valence-electron chi connectivity index (χ4n) is 3.09. The Balaban J connectivity index is 1.41. The number of ether oxygens (including phenoxy) is 3. The molecular formula is C16H19N5O4. The lowest BCUT2D eigenvalue weighted by molar-refractivity contribution is -0.123. The number of hydrogen-bond donors (Lipinski definition) is 2. The molecule has 0 spiro atoms. The first-order valence-corrected chi connectivity index (χ1v) is 8.18. The minimum atomic E-state index is -0.419. The number of hydrogen-bond acceptors (Lipinski definition) is 7. The maximum absolute atomic E-state index is 12.5. The third kappa shape index (κ3) is 3.27. The van der Waals surface area contributed by atoms with E-state index in [4.69, 9.17) is 14.2 Å². The summed E-state index contributed by atoms with van der Waals surface area (Å²) in [6, 6.07) is 5.46. The second-order valence-corrected chi connectivity index (χ2v) is 6.14. The number of benzene rings is 1. The van der Waals surface area contributed by atoms with E-state index < -0.39 is 6.04 Å². The SMILES string of the molecule is COCC(NC(=O)C1CC1c1ccc2c(c1)OCCO2)c1nn[nH]n1. The van der Waals surface area contributed by atoms with Crippen molar-refractivity contribution in [1.82, 2.24) is 25.9 Å². The van der Waals surface area contributed by atoms with Gasteiger partial charge in [-0.1, -0.05) is 11.3 Å². The van der Waals surface area contributed by atoms with Gasteiger partial charge in [-0.2, -0.15) is 5.21 Å². The number of nitrogens with zero attached hydrogens (tertiary/aromatic N) is 3. The molecule has 2 N–H and O–H groups in total. The standard InChI is InChI=1S/C16H19N5O4/c1-23-8-12(15-18-20-21-19-15)17-16(22)11-7-10(11)9-2-3-13-14(6-9)25-5-4-24-13/h2-3,6,10-12H,4-5,7-8H2,1H3,(H,17,22)(H,18,19,20,21). The number of methoxy groups -OCH3 is 1. The van der Waals surface area contributed by atoms with Gasteiger partial charge in [0.05, 0.1) is 6.61 Å². The Morgan fingerprint density at radius 2 is 2.24 bits per heavy atom. The van der Waals surface area contributed by atoms with Crippen LogP contribution in [0, 0.1) is 5.92 Å². The highest BCUT2D eigenvalue weighted by Gasteiger charge is 2.45. The number of tetrazole rings is 1. The quantitative estimate of drug-likeness (QED) is 0.787. The smallest absolute Gasteiger partial charge is 0.224 e. The van der Waals surface area contributed by atoms with Crippen molar-refractivity contribution in [2.24, 2.45) is 5.92 Å². The summed E-state index contributed by atoms with van der Waals surface area (Å²) in [5, 5.41) is 16.7. The second kappa shape index (κ2) is 6.67. The molecule has 2 aromatic rings. The van der Waals surface area contributed by atoms with Crippen LogP contribution < -0.4 is 14.8 Å². The third-order valence-corrected chi connectivity index (χ3v) is 4.44. The van der Waals surface area contributed by atoms with Gasteiger partial charge in [0.15, 0.2) is 17.3 Å². The molecule has 1 amide bonds. The van der Waals surface area contributed by atoms with Crippen molar-refractivity contribution in [2.45, 2.75) is 18.4 Å². The molecule has 0 radical (unpaired) electrons. The number of fused-ring (bicyclic) bond motifs is 1. The molecule has 2 heterocycles. The first kappa shape index (κ1) is 15.8. The van der Waals surface area contributed by atoms with Crippen molar-refractivity contribution < 1.29 is 19.0 Å². The summed E-state index contributed by atoms with van der Waals surface area (Å²) in [5.41, 5.74) is 1.09. The average Bonchev–Trinajstić information content (AvgIpc) is 3.26. The summed E-state index contributed by atoms with van der Waals surface area (Å²) in [6.07, 6.45) is 0.803. The summed E-state index contributed by atoms with van der Waals surface area (Å²) in [4.78, 5) is 12.5. The summed E-state index contributed by atoms with van der Waals surface area (Å²) in [5.74, 6) is 1.99. The van der Waals surface area contributed by atoms with E-state index in [0.717, 1.165) is 23.5 Å². The number of nitrogens with one attached hydrogen (secondary N) is 2. The molecule has 1 fully saturated rings. The van der Waals surface area contributed by atoms with Crippen LogP contribution in [0.3, 0.4) is 0 Å². The summed E-state index contributed by atoms with van der Waals surface area (Å²) in [7, 11) is 1.56. The van der Waals surface area contributed by atoms with Crippen LogP contribution in [0.2, 0.25) is 0 Å². The van der Waals surface area contributed by atoms with Gasteiger partial charge in [0.2, 0.25) is 5.91 Å². The van der Waals surface area contributed by atoms with Crippen molar-refractivity contribution in [2.75, 3.05) is 26.9 Å². The maximum atomic E-state index is 12.5. The summed E-state index contributed by atoms with van der Waals surface area (Å²) < 4.78 is 16.3. The number of carbonyl (C=O) groups excluding carboxylic acids is 1. The van der Waals surface area contributed by atoms with Crippen LogP contribution >= 0.6 is 0 Å². The van der Waals surface area contributed by atoms with Crippen molar-refractivity contribution in [3.63, 3.8) is 0 Å². The van der Waals surface area contributed by atoms with Gasteiger partial charge in [0.1, 0.15) is 19.3 Å². The zero-order valence-electron chi connectivity index (χ0n) is 13.8. The Bertz CT molecular complexity index is 751. The molecular weight excluding hydrogens is 326 g/mol.